The Morgan fingerprint density at radius 2 is 1.72 bits per heavy atom. The Hall–Kier alpha value is -3.38. The molecule has 0 bridgehead atoms. The first-order valence-electron chi connectivity index (χ1n) is 11.2. The van der Waals surface area contributed by atoms with Crippen molar-refractivity contribution in [2.45, 2.75) is 31.7 Å². The van der Waals surface area contributed by atoms with Crippen LogP contribution >= 0.6 is 0 Å². The number of benzene rings is 3. The van der Waals surface area contributed by atoms with Crippen LogP contribution in [0.15, 0.2) is 66.7 Å². The molecule has 0 unspecified atom stereocenters. The Bertz CT molecular complexity index is 1090. The van der Waals surface area contributed by atoms with Crippen molar-refractivity contribution in [3.8, 4) is 0 Å². The van der Waals surface area contributed by atoms with Gasteiger partial charge in [0.05, 0.1) is 0 Å². The maximum atomic E-state index is 12.5. The molecule has 1 saturated heterocycles. The van der Waals surface area contributed by atoms with Crippen LogP contribution < -0.4 is 16.4 Å². The van der Waals surface area contributed by atoms with Crippen LogP contribution in [0.1, 0.15) is 36.3 Å². The number of carbonyl (C=O) groups is 2. The molecular weight excluding hydrogens is 400 g/mol. The van der Waals surface area contributed by atoms with Gasteiger partial charge in [-0.2, -0.15) is 0 Å². The lowest BCUT2D eigenvalue weighted by molar-refractivity contribution is -0.116. The lowest BCUT2D eigenvalue weighted by Crippen LogP contribution is -2.44. The molecule has 4 rings (SSSR count). The van der Waals surface area contributed by atoms with E-state index in [4.69, 9.17) is 5.73 Å². The summed E-state index contributed by atoms with van der Waals surface area (Å²) in [4.78, 5) is 26.6. The van der Waals surface area contributed by atoms with E-state index in [1.165, 1.54) is 5.56 Å². The normalized spacial score (nSPS) is 14.3. The maximum Gasteiger partial charge on any atom is 0.317 e. The molecule has 0 radical (unpaired) electrons. The molecule has 0 saturated carbocycles. The number of fused-ring (bicyclic) bond motifs is 1. The minimum atomic E-state index is -0.112. The van der Waals surface area contributed by atoms with E-state index in [-0.39, 0.29) is 18.4 Å². The molecule has 6 nitrogen and oxygen atoms in total. The summed E-state index contributed by atoms with van der Waals surface area (Å²) in [6.07, 6.45) is 2.11. The number of rotatable bonds is 6. The van der Waals surface area contributed by atoms with Crippen LogP contribution in [-0.4, -0.2) is 36.5 Å². The van der Waals surface area contributed by atoms with E-state index in [2.05, 4.69) is 28.8 Å². The number of nitrogens with zero attached hydrogens (tertiary/aromatic N) is 1. The highest BCUT2D eigenvalue weighted by Crippen LogP contribution is 2.28. The molecule has 0 atom stereocenters. The van der Waals surface area contributed by atoms with Crippen LogP contribution in [0, 0.1) is 0 Å². The second kappa shape index (κ2) is 10.3. The molecule has 3 aromatic rings. The van der Waals surface area contributed by atoms with E-state index >= 15 is 0 Å². The number of likely N-dealkylation sites (tertiary alicyclic amines) is 1. The van der Waals surface area contributed by atoms with E-state index in [1.807, 2.05) is 53.4 Å². The minimum Gasteiger partial charge on any atom is -0.337 e. The van der Waals surface area contributed by atoms with Gasteiger partial charge in [-0.1, -0.05) is 54.6 Å². The molecule has 0 spiro atoms. The van der Waals surface area contributed by atoms with Gasteiger partial charge in [-0.25, -0.2) is 4.79 Å². The van der Waals surface area contributed by atoms with Gasteiger partial charge in [-0.05, 0) is 52.8 Å². The van der Waals surface area contributed by atoms with Gasteiger partial charge in [-0.15, -0.1) is 0 Å². The highest BCUT2D eigenvalue weighted by molar-refractivity contribution is 5.94. The summed E-state index contributed by atoms with van der Waals surface area (Å²) >= 11 is 0. The van der Waals surface area contributed by atoms with Crippen LogP contribution in [0.25, 0.3) is 10.8 Å². The van der Waals surface area contributed by atoms with Crippen molar-refractivity contribution in [1.29, 1.82) is 0 Å². The van der Waals surface area contributed by atoms with Gasteiger partial charge in [0.2, 0.25) is 5.91 Å². The maximum absolute atomic E-state index is 12.5. The van der Waals surface area contributed by atoms with Crippen molar-refractivity contribution < 1.29 is 9.59 Å². The fourth-order valence-electron chi connectivity index (χ4n) is 4.28. The largest absolute Gasteiger partial charge is 0.337 e. The van der Waals surface area contributed by atoms with Crippen molar-refractivity contribution in [2.24, 2.45) is 5.73 Å². The topological polar surface area (TPSA) is 87.5 Å². The fourth-order valence-corrected chi connectivity index (χ4v) is 4.28. The molecule has 166 valence electrons. The molecule has 0 aromatic heterocycles. The molecule has 1 aliphatic heterocycles. The third-order valence-electron chi connectivity index (χ3n) is 6.10. The predicted octanol–water partition coefficient (Wildman–Crippen LogP) is 4.22. The van der Waals surface area contributed by atoms with Crippen molar-refractivity contribution in [3.05, 3.63) is 77.9 Å². The molecule has 1 aliphatic rings. The summed E-state index contributed by atoms with van der Waals surface area (Å²) in [6, 6.07) is 22.2. The number of piperidine rings is 1. The first-order chi connectivity index (χ1) is 15.6. The zero-order chi connectivity index (χ0) is 22.3. The van der Waals surface area contributed by atoms with Crippen molar-refractivity contribution in [1.82, 2.24) is 10.2 Å². The fraction of sp³-hybridized carbons (Fsp3) is 0.308. The summed E-state index contributed by atoms with van der Waals surface area (Å²) in [6.45, 7) is 2.29. The number of hydrogen-bond acceptors (Lipinski definition) is 3. The molecular formula is C26H30N4O2. The van der Waals surface area contributed by atoms with Gasteiger partial charge in [0.25, 0.3) is 0 Å². The standard InChI is InChI=1S/C26H30N4O2/c27-18-19-4-3-7-22(16-19)21-11-14-30(15-12-21)26(32)28-13-10-25(31)29-24-9-8-20-5-1-2-6-23(20)17-24/h1-9,16-17,21H,10-15,18,27H2,(H,28,32)(H,29,31). The van der Waals surface area contributed by atoms with Crippen LogP contribution in [0.4, 0.5) is 10.5 Å². The van der Waals surface area contributed by atoms with Crippen LogP contribution in [0.2, 0.25) is 0 Å². The van der Waals surface area contributed by atoms with Crippen LogP contribution in [0.3, 0.4) is 0 Å². The predicted molar refractivity (Wildman–Crippen MR) is 128 cm³/mol. The third kappa shape index (κ3) is 5.45. The molecule has 32 heavy (non-hydrogen) atoms. The Morgan fingerprint density at radius 1 is 0.938 bits per heavy atom. The SMILES string of the molecule is NCc1cccc(C2CCN(C(=O)NCCC(=O)Nc3ccc4ccccc4c3)CC2)c1. The monoisotopic (exact) mass is 430 g/mol. The van der Waals surface area contributed by atoms with E-state index in [9.17, 15) is 9.59 Å². The molecule has 3 amide bonds. The number of amides is 3. The molecule has 0 aliphatic carbocycles. The average Bonchev–Trinajstić information content (AvgIpc) is 2.84. The molecule has 1 heterocycles. The minimum absolute atomic E-state index is 0.0994. The van der Waals surface area contributed by atoms with Gasteiger partial charge >= 0.3 is 6.03 Å². The van der Waals surface area contributed by atoms with E-state index in [0.717, 1.165) is 34.9 Å². The zero-order valence-electron chi connectivity index (χ0n) is 18.2. The second-order valence-electron chi connectivity index (χ2n) is 8.30. The highest BCUT2D eigenvalue weighted by atomic mass is 16.2. The molecule has 1 fully saturated rings. The number of anilines is 1. The number of nitrogens with one attached hydrogen (secondary N) is 2. The summed E-state index contributed by atoms with van der Waals surface area (Å²) in [5.74, 6) is 0.345. The summed E-state index contributed by atoms with van der Waals surface area (Å²) < 4.78 is 0. The summed E-state index contributed by atoms with van der Waals surface area (Å²) in [5.41, 5.74) is 8.97. The molecule has 3 aromatic carbocycles. The van der Waals surface area contributed by atoms with Gasteiger partial charge < -0.3 is 21.3 Å². The van der Waals surface area contributed by atoms with Crippen molar-refractivity contribution >= 4 is 28.4 Å². The van der Waals surface area contributed by atoms with Crippen LogP contribution in [-0.2, 0) is 11.3 Å². The van der Waals surface area contributed by atoms with Crippen molar-refractivity contribution in [3.63, 3.8) is 0 Å². The van der Waals surface area contributed by atoms with E-state index in [0.29, 0.717) is 32.1 Å². The van der Waals surface area contributed by atoms with E-state index < -0.39 is 0 Å². The lowest BCUT2D eigenvalue weighted by atomic mass is 9.88. The first kappa shape index (κ1) is 21.8. The lowest BCUT2D eigenvalue weighted by Gasteiger charge is -2.32. The zero-order valence-corrected chi connectivity index (χ0v) is 18.2. The van der Waals surface area contributed by atoms with Crippen LogP contribution in [0.5, 0.6) is 0 Å². The third-order valence-corrected chi connectivity index (χ3v) is 6.10. The average molecular weight is 431 g/mol. The molecule has 4 N–H and O–H groups in total. The second-order valence-corrected chi connectivity index (χ2v) is 8.30. The highest BCUT2D eigenvalue weighted by Gasteiger charge is 2.23. The number of hydrogen-bond donors (Lipinski definition) is 3. The van der Waals surface area contributed by atoms with Gasteiger partial charge in [-0.3, -0.25) is 4.79 Å². The number of urea groups is 1. The van der Waals surface area contributed by atoms with Gasteiger partial charge in [0.15, 0.2) is 0 Å². The number of carbonyl (C=O) groups excluding carboxylic acids is 2. The Morgan fingerprint density at radius 3 is 2.50 bits per heavy atom. The Labute approximate surface area is 188 Å². The van der Waals surface area contributed by atoms with Gasteiger partial charge in [0.1, 0.15) is 0 Å². The van der Waals surface area contributed by atoms with Gasteiger partial charge in [0, 0.05) is 38.3 Å². The first-order valence-corrected chi connectivity index (χ1v) is 11.2. The number of nitrogens with two attached hydrogens (primary N) is 1. The van der Waals surface area contributed by atoms with Crippen molar-refractivity contribution in [2.75, 3.05) is 25.0 Å². The Balaban J connectivity index is 1.20. The Kier molecular flexibility index (Phi) is 7.02. The summed E-state index contributed by atoms with van der Waals surface area (Å²) in [7, 11) is 0. The summed E-state index contributed by atoms with van der Waals surface area (Å²) in [5, 5.41) is 8.00. The smallest absolute Gasteiger partial charge is 0.317 e. The molecule has 6 heteroatoms. The van der Waals surface area contributed by atoms with E-state index in [1.54, 1.807) is 0 Å². The quantitative estimate of drug-likeness (QED) is 0.547.